The molecule has 1 nitrogen and oxygen atoms in total. The SMILES string of the molecule is N#Cc1ccc(C[C@H]2C=CC=CC2)cc1. The lowest BCUT2D eigenvalue weighted by Crippen LogP contribution is -2.01. The van der Waals surface area contributed by atoms with Crippen molar-refractivity contribution in [3.63, 3.8) is 0 Å². The van der Waals surface area contributed by atoms with Crippen molar-refractivity contribution in [2.24, 2.45) is 5.92 Å². The Bertz CT molecular complexity index is 418. The maximum absolute atomic E-state index is 8.68. The van der Waals surface area contributed by atoms with Gasteiger partial charge in [-0.2, -0.15) is 5.26 Å². The lowest BCUT2D eigenvalue weighted by atomic mass is 9.93. The highest BCUT2D eigenvalue weighted by Crippen LogP contribution is 2.17. The van der Waals surface area contributed by atoms with Crippen molar-refractivity contribution in [1.29, 1.82) is 5.26 Å². The van der Waals surface area contributed by atoms with Gasteiger partial charge in [0, 0.05) is 0 Å². The summed E-state index contributed by atoms with van der Waals surface area (Å²) in [6.07, 6.45) is 10.8. The minimum atomic E-state index is 0.614. The molecule has 0 saturated carbocycles. The Morgan fingerprint density at radius 1 is 1.20 bits per heavy atom. The molecule has 1 aromatic rings. The molecule has 0 fully saturated rings. The Labute approximate surface area is 90.4 Å². The van der Waals surface area contributed by atoms with Gasteiger partial charge >= 0.3 is 0 Å². The molecule has 15 heavy (non-hydrogen) atoms. The van der Waals surface area contributed by atoms with E-state index in [9.17, 15) is 0 Å². The van der Waals surface area contributed by atoms with Gasteiger partial charge in [-0.15, -0.1) is 0 Å². The second kappa shape index (κ2) is 4.61. The lowest BCUT2D eigenvalue weighted by molar-refractivity contribution is 0.653. The third kappa shape index (κ3) is 2.57. The molecule has 0 saturated heterocycles. The number of hydrogen-bond donors (Lipinski definition) is 0. The summed E-state index contributed by atoms with van der Waals surface area (Å²) in [5.41, 5.74) is 2.04. The lowest BCUT2D eigenvalue weighted by Gasteiger charge is -2.12. The van der Waals surface area contributed by atoms with Crippen LogP contribution in [0, 0.1) is 17.2 Å². The van der Waals surface area contributed by atoms with Crippen LogP contribution in [-0.4, -0.2) is 0 Å². The van der Waals surface area contributed by atoms with Gasteiger partial charge in [0.25, 0.3) is 0 Å². The predicted octanol–water partition coefficient (Wildman–Crippen LogP) is 3.23. The van der Waals surface area contributed by atoms with Crippen LogP contribution in [0.15, 0.2) is 48.6 Å². The average Bonchev–Trinajstić information content (AvgIpc) is 2.31. The van der Waals surface area contributed by atoms with E-state index in [4.69, 9.17) is 5.26 Å². The number of allylic oxidation sites excluding steroid dienone is 4. The summed E-state index contributed by atoms with van der Waals surface area (Å²) in [4.78, 5) is 0. The Morgan fingerprint density at radius 2 is 2.00 bits per heavy atom. The fraction of sp³-hybridized carbons (Fsp3) is 0.214. The summed E-state index contributed by atoms with van der Waals surface area (Å²) < 4.78 is 0. The molecule has 0 spiro atoms. The molecule has 2 rings (SSSR count). The monoisotopic (exact) mass is 195 g/mol. The van der Waals surface area contributed by atoms with Crippen LogP contribution in [0.1, 0.15) is 17.5 Å². The van der Waals surface area contributed by atoms with Crippen molar-refractivity contribution in [1.82, 2.24) is 0 Å². The van der Waals surface area contributed by atoms with Crippen molar-refractivity contribution in [2.45, 2.75) is 12.8 Å². The molecule has 1 aliphatic rings. The van der Waals surface area contributed by atoms with Gasteiger partial charge in [-0.1, -0.05) is 36.4 Å². The van der Waals surface area contributed by atoms with Gasteiger partial charge in [-0.3, -0.25) is 0 Å². The molecule has 1 atom stereocenters. The zero-order valence-corrected chi connectivity index (χ0v) is 8.56. The van der Waals surface area contributed by atoms with E-state index in [0.29, 0.717) is 5.92 Å². The van der Waals surface area contributed by atoms with Crippen molar-refractivity contribution in [3.05, 3.63) is 59.7 Å². The summed E-state index contributed by atoms with van der Waals surface area (Å²) >= 11 is 0. The van der Waals surface area contributed by atoms with Gasteiger partial charge in [0.2, 0.25) is 0 Å². The topological polar surface area (TPSA) is 23.8 Å². The Kier molecular flexibility index (Phi) is 2.99. The standard InChI is InChI=1S/C14H13N/c15-11-14-8-6-13(7-9-14)10-12-4-2-1-3-5-12/h1-4,6-9,12H,5,10H2/t12-/m0/s1. The molecule has 0 amide bonds. The molecule has 0 aliphatic heterocycles. The highest BCUT2D eigenvalue weighted by molar-refractivity contribution is 5.32. The fourth-order valence-corrected chi connectivity index (χ4v) is 1.80. The summed E-state index contributed by atoms with van der Waals surface area (Å²) in [5, 5.41) is 8.68. The molecule has 0 bridgehead atoms. The van der Waals surface area contributed by atoms with Crippen LogP contribution >= 0.6 is 0 Å². The van der Waals surface area contributed by atoms with Gasteiger partial charge in [0.05, 0.1) is 11.6 Å². The normalized spacial score (nSPS) is 18.7. The molecule has 0 unspecified atom stereocenters. The Balaban J connectivity index is 2.02. The second-order valence-corrected chi connectivity index (χ2v) is 3.82. The Morgan fingerprint density at radius 3 is 2.60 bits per heavy atom. The first-order valence-corrected chi connectivity index (χ1v) is 5.21. The number of nitrogens with zero attached hydrogens (tertiary/aromatic N) is 1. The Hall–Kier alpha value is -1.81. The van der Waals surface area contributed by atoms with Crippen molar-refractivity contribution >= 4 is 0 Å². The molecule has 1 heteroatoms. The van der Waals surface area contributed by atoms with Crippen LogP contribution in [-0.2, 0) is 6.42 Å². The maximum atomic E-state index is 8.68. The van der Waals surface area contributed by atoms with Crippen LogP contribution < -0.4 is 0 Å². The van der Waals surface area contributed by atoms with Gasteiger partial charge in [0.15, 0.2) is 0 Å². The highest BCUT2D eigenvalue weighted by atomic mass is 14.2. The molecule has 0 radical (unpaired) electrons. The average molecular weight is 195 g/mol. The van der Waals surface area contributed by atoms with E-state index in [0.717, 1.165) is 18.4 Å². The second-order valence-electron chi connectivity index (χ2n) is 3.82. The minimum absolute atomic E-state index is 0.614. The van der Waals surface area contributed by atoms with Gasteiger partial charge in [0.1, 0.15) is 0 Å². The zero-order chi connectivity index (χ0) is 10.5. The summed E-state index contributed by atoms with van der Waals surface area (Å²) in [7, 11) is 0. The molecular formula is C14H13N. The largest absolute Gasteiger partial charge is 0.192 e. The van der Waals surface area contributed by atoms with Crippen molar-refractivity contribution < 1.29 is 0 Å². The van der Waals surface area contributed by atoms with E-state index >= 15 is 0 Å². The van der Waals surface area contributed by atoms with Gasteiger partial charge in [-0.25, -0.2) is 0 Å². The van der Waals surface area contributed by atoms with Crippen LogP contribution in [0.2, 0.25) is 0 Å². The first-order chi connectivity index (χ1) is 7.38. The number of hydrogen-bond acceptors (Lipinski definition) is 1. The molecule has 0 aromatic heterocycles. The van der Waals surface area contributed by atoms with Gasteiger partial charge in [-0.05, 0) is 36.5 Å². The van der Waals surface area contributed by atoms with E-state index in [1.165, 1.54) is 5.56 Å². The molecule has 0 heterocycles. The fourth-order valence-electron chi connectivity index (χ4n) is 1.80. The summed E-state index contributed by atoms with van der Waals surface area (Å²) in [5.74, 6) is 0.614. The quantitative estimate of drug-likeness (QED) is 0.710. The molecule has 74 valence electrons. The van der Waals surface area contributed by atoms with E-state index in [1.807, 2.05) is 24.3 Å². The van der Waals surface area contributed by atoms with Gasteiger partial charge < -0.3 is 0 Å². The van der Waals surface area contributed by atoms with Crippen LogP contribution in [0.4, 0.5) is 0 Å². The van der Waals surface area contributed by atoms with E-state index in [2.05, 4.69) is 30.4 Å². The van der Waals surface area contributed by atoms with Crippen LogP contribution in [0.3, 0.4) is 0 Å². The minimum Gasteiger partial charge on any atom is -0.192 e. The molecular weight excluding hydrogens is 182 g/mol. The number of benzene rings is 1. The van der Waals surface area contributed by atoms with Crippen molar-refractivity contribution in [3.8, 4) is 6.07 Å². The van der Waals surface area contributed by atoms with E-state index in [-0.39, 0.29) is 0 Å². The third-order valence-electron chi connectivity index (χ3n) is 2.65. The number of rotatable bonds is 2. The first-order valence-electron chi connectivity index (χ1n) is 5.21. The zero-order valence-electron chi connectivity index (χ0n) is 8.56. The molecule has 1 aromatic carbocycles. The predicted molar refractivity (Wildman–Crippen MR) is 61.2 cm³/mol. The van der Waals surface area contributed by atoms with E-state index in [1.54, 1.807) is 0 Å². The molecule has 0 N–H and O–H groups in total. The summed E-state index contributed by atoms with van der Waals surface area (Å²) in [6, 6.07) is 10.00. The smallest absolute Gasteiger partial charge is 0.0991 e. The number of nitriles is 1. The van der Waals surface area contributed by atoms with Crippen LogP contribution in [0.5, 0.6) is 0 Å². The third-order valence-corrected chi connectivity index (χ3v) is 2.65. The van der Waals surface area contributed by atoms with Crippen LogP contribution in [0.25, 0.3) is 0 Å². The van der Waals surface area contributed by atoms with Crippen molar-refractivity contribution in [2.75, 3.05) is 0 Å². The first kappa shape index (κ1) is 9.73. The van der Waals surface area contributed by atoms with E-state index < -0.39 is 0 Å². The maximum Gasteiger partial charge on any atom is 0.0991 e. The molecule has 1 aliphatic carbocycles. The summed E-state index contributed by atoms with van der Waals surface area (Å²) in [6.45, 7) is 0. The highest BCUT2D eigenvalue weighted by Gasteiger charge is 2.06.